The van der Waals surface area contributed by atoms with Crippen LogP contribution >= 0.6 is 0 Å². The highest BCUT2D eigenvalue weighted by atomic mass is 16.5. The second-order valence-corrected chi connectivity index (χ2v) is 8.54. The van der Waals surface area contributed by atoms with Crippen molar-refractivity contribution in [2.24, 2.45) is 0 Å². The molecule has 0 atom stereocenters. The van der Waals surface area contributed by atoms with Gasteiger partial charge in [-0.05, 0) is 50.1 Å². The molecule has 2 N–H and O–H groups in total. The van der Waals surface area contributed by atoms with Gasteiger partial charge in [0.05, 0.1) is 30.1 Å². The van der Waals surface area contributed by atoms with Crippen molar-refractivity contribution in [3.63, 3.8) is 0 Å². The van der Waals surface area contributed by atoms with Crippen molar-refractivity contribution in [3.8, 4) is 0 Å². The minimum Gasteiger partial charge on any atom is -0.378 e. The first-order valence-corrected chi connectivity index (χ1v) is 11.5. The number of aryl methyl sites for hydroxylation is 1. The number of morpholine rings is 1. The van der Waals surface area contributed by atoms with E-state index in [1.54, 1.807) is 0 Å². The van der Waals surface area contributed by atoms with Gasteiger partial charge in [-0.1, -0.05) is 12.1 Å². The Labute approximate surface area is 193 Å². The van der Waals surface area contributed by atoms with Gasteiger partial charge in [-0.25, -0.2) is 9.78 Å². The Hall–Kier alpha value is -3.46. The van der Waals surface area contributed by atoms with E-state index in [0.29, 0.717) is 0 Å². The summed E-state index contributed by atoms with van der Waals surface area (Å²) in [5.74, 6) is 2.00. The summed E-state index contributed by atoms with van der Waals surface area (Å²) < 4.78 is 5.45. The predicted molar refractivity (Wildman–Crippen MR) is 129 cm³/mol. The molecule has 0 unspecified atom stereocenters. The number of ether oxygens (including phenoxy) is 1. The topological polar surface area (TPSA) is 95.5 Å². The third kappa shape index (κ3) is 4.98. The van der Waals surface area contributed by atoms with E-state index in [-0.39, 0.29) is 12.1 Å². The Kier molecular flexibility index (Phi) is 6.21. The summed E-state index contributed by atoms with van der Waals surface area (Å²) >= 11 is 0. The Morgan fingerprint density at radius 3 is 2.42 bits per heavy atom. The van der Waals surface area contributed by atoms with Crippen LogP contribution in [0.4, 0.5) is 22.1 Å². The monoisotopic (exact) mass is 447 g/mol. The Balaban J connectivity index is 1.17. The zero-order valence-electron chi connectivity index (χ0n) is 18.8. The van der Waals surface area contributed by atoms with E-state index in [0.717, 1.165) is 86.2 Å². The van der Waals surface area contributed by atoms with Crippen LogP contribution < -0.4 is 20.4 Å². The van der Waals surface area contributed by atoms with Gasteiger partial charge < -0.3 is 25.2 Å². The largest absolute Gasteiger partial charge is 0.378 e. The van der Waals surface area contributed by atoms with Gasteiger partial charge in [-0.2, -0.15) is 10.2 Å². The molecule has 0 aliphatic carbocycles. The summed E-state index contributed by atoms with van der Waals surface area (Å²) in [4.78, 5) is 22.1. The smallest absolute Gasteiger partial charge is 0.319 e. The second kappa shape index (κ2) is 9.58. The highest BCUT2D eigenvalue weighted by Crippen LogP contribution is 2.24. The third-order valence-corrected chi connectivity index (χ3v) is 6.21. The molecule has 33 heavy (non-hydrogen) atoms. The molecule has 9 heteroatoms. The number of rotatable bonds is 4. The number of benzene rings is 1. The molecule has 2 aliphatic rings. The van der Waals surface area contributed by atoms with Crippen LogP contribution in [-0.4, -0.2) is 66.6 Å². The number of anilines is 3. The first-order chi connectivity index (χ1) is 16.2. The molecule has 0 saturated carbocycles. The highest BCUT2D eigenvalue weighted by molar-refractivity contribution is 6.00. The van der Waals surface area contributed by atoms with E-state index in [1.165, 1.54) is 0 Å². The lowest BCUT2D eigenvalue weighted by molar-refractivity contribution is 0.122. The number of pyridine rings is 1. The Bertz CT molecular complexity index is 1120. The number of hydrogen-bond donors (Lipinski definition) is 2. The summed E-state index contributed by atoms with van der Waals surface area (Å²) in [7, 11) is 0. The molecule has 172 valence electrons. The maximum atomic E-state index is 12.7. The van der Waals surface area contributed by atoms with E-state index in [9.17, 15) is 4.79 Å². The number of hydrogen-bond acceptors (Lipinski definition) is 7. The van der Waals surface area contributed by atoms with Crippen LogP contribution in [0.5, 0.6) is 0 Å². The standard InChI is InChI=1S/C24H29N7O2/c1-17-16-19-20(4-2-5-21(19)29-28-17)26-24(32)25-18-8-10-30(11-9-18)22-6-3-7-23(27-22)31-12-14-33-15-13-31/h2-7,16,18H,8-15H2,1H3,(H2,25,26,32). The molecule has 2 saturated heterocycles. The summed E-state index contributed by atoms with van der Waals surface area (Å²) in [6.45, 7) is 6.85. The van der Waals surface area contributed by atoms with Gasteiger partial charge in [0.2, 0.25) is 0 Å². The Morgan fingerprint density at radius 2 is 1.67 bits per heavy atom. The first-order valence-electron chi connectivity index (χ1n) is 11.5. The zero-order chi connectivity index (χ0) is 22.6. The molecule has 2 fully saturated rings. The van der Waals surface area contributed by atoms with Crippen molar-refractivity contribution in [3.05, 3.63) is 48.2 Å². The van der Waals surface area contributed by atoms with Crippen molar-refractivity contribution < 1.29 is 9.53 Å². The van der Waals surface area contributed by atoms with Gasteiger partial charge in [0.25, 0.3) is 0 Å². The average molecular weight is 448 g/mol. The van der Waals surface area contributed by atoms with Crippen molar-refractivity contribution in [1.82, 2.24) is 20.5 Å². The van der Waals surface area contributed by atoms with Crippen LogP contribution in [0.25, 0.3) is 10.9 Å². The molecule has 5 rings (SSSR count). The van der Waals surface area contributed by atoms with Gasteiger partial charge >= 0.3 is 6.03 Å². The molecule has 2 amide bonds. The number of carbonyl (C=O) groups is 1. The lowest BCUT2D eigenvalue weighted by Crippen LogP contribution is -2.46. The van der Waals surface area contributed by atoms with Crippen LogP contribution in [0.1, 0.15) is 18.5 Å². The fourth-order valence-electron chi connectivity index (χ4n) is 4.42. The number of piperidine rings is 1. The summed E-state index contributed by atoms with van der Waals surface area (Å²) in [6, 6.07) is 13.7. The molecule has 4 heterocycles. The number of carbonyl (C=O) groups excluding carboxylic acids is 1. The molecule has 2 aromatic heterocycles. The van der Waals surface area contributed by atoms with Crippen molar-refractivity contribution >= 4 is 34.3 Å². The van der Waals surface area contributed by atoms with Crippen molar-refractivity contribution in [1.29, 1.82) is 0 Å². The fourth-order valence-corrected chi connectivity index (χ4v) is 4.42. The summed E-state index contributed by atoms with van der Waals surface area (Å²) in [5, 5.41) is 15.3. The molecule has 1 aromatic carbocycles. The molecule has 9 nitrogen and oxygen atoms in total. The van der Waals surface area contributed by atoms with E-state index >= 15 is 0 Å². The number of nitrogens with one attached hydrogen (secondary N) is 2. The maximum Gasteiger partial charge on any atom is 0.319 e. The normalized spacial score (nSPS) is 17.2. The van der Waals surface area contributed by atoms with E-state index in [2.05, 4.69) is 48.8 Å². The van der Waals surface area contributed by atoms with Crippen LogP contribution in [0.2, 0.25) is 0 Å². The molecular formula is C24H29N7O2. The fraction of sp³-hybridized carbons (Fsp3) is 0.417. The average Bonchev–Trinajstić information content (AvgIpc) is 2.85. The van der Waals surface area contributed by atoms with Crippen LogP contribution in [-0.2, 0) is 4.74 Å². The van der Waals surface area contributed by atoms with E-state index in [1.807, 2.05) is 31.2 Å². The minimum absolute atomic E-state index is 0.125. The molecule has 0 bridgehead atoms. The molecular weight excluding hydrogens is 418 g/mol. The van der Waals surface area contributed by atoms with Crippen molar-refractivity contribution in [2.75, 3.05) is 54.5 Å². The van der Waals surface area contributed by atoms with E-state index < -0.39 is 0 Å². The zero-order valence-corrected chi connectivity index (χ0v) is 18.8. The van der Waals surface area contributed by atoms with Gasteiger partial charge in [0.15, 0.2) is 0 Å². The van der Waals surface area contributed by atoms with Crippen LogP contribution in [0.3, 0.4) is 0 Å². The van der Waals surface area contributed by atoms with Gasteiger partial charge in [-0.3, -0.25) is 0 Å². The van der Waals surface area contributed by atoms with Gasteiger partial charge in [0, 0.05) is 37.6 Å². The second-order valence-electron chi connectivity index (χ2n) is 8.54. The van der Waals surface area contributed by atoms with E-state index in [4.69, 9.17) is 9.72 Å². The summed E-state index contributed by atoms with van der Waals surface area (Å²) in [6.07, 6.45) is 1.74. The molecule has 0 radical (unpaired) electrons. The molecule has 0 spiro atoms. The van der Waals surface area contributed by atoms with Crippen LogP contribution in [0, 0.1) is 6.92 Å². The van der Waals surface area contributed by atoms with Gasteiger partial charge in [0.1, 0.15) is 11.6 Å². The quantitative estimate of drug-likeness (QED) is 0.635. The number of urea groups is 1. The maximum absolute atomic E-state index is 12.7. The summed E-state index contributed by atoms with van der Waals surface area (Å²) in [5.41, 5.74) is 2.32. The Morgan fingerprint density at radius 1 is 0.970 bits per heavy atom. The predicted octanol–water partition coefficient (Wildman–Crippen LogP) is 2.96. The lowest BCUT2D eigenvalue weighted by Gasteiger charge is -2.34. The highest BCUT2D eigenvalue weighted by Gasteiger charge is 2.23. The third-order valence-electron chi connectivity index (χ3n) is 6.21. The number of aromatic nitrogens is 3. The number of nitrogens with zero attached hydrogens (tertiary/aromatic N) is 5. The first kappa shape index (κ1) is 21.4. The molecule has 3 aromatic rings. The number of amides is 2. The SMILES string of the molecule is Cc1cc2c(NC(=O)NC3CCN(c4cccc(N5CCOCC5)n4)CC3)cccc2nn1. The van der Waals surface area contributed by atoms with Gasteiger partial charge in [-0.15, -0.1) is 0 Å². The number of fused-ring (bicyclic) bond motifs is 1. The lowest BCUT2D eigenvalue weighted by atomic mass is 10.1. The van der Waals surface area contributed by atoms with Crippen LogP contribution in [0.15, 0.2) is 42.5 Å². The minimum atomic E-state index is -0.192. The molecule has 2 aliphatic heterocycles. The van der Waals surface area contributed by atoms with Crippen molar-refractivity contribution in [2.45, 2.75) is 25.8 Å².